The number of β-amino-alcohol motifs (C(OH)–C–C–N with tert-alkyl or cyclic N) is 1. The third-order valence-corrected chi connectivity index (χ3v) is 18.0. The highest BCUT2D eigenvalue weighted by Gasteiger charge is 2.53. The van der Waals surface area contributed by atoms with Crippen LogP contribution in [0.1, 0.15) is 104 Å². The highest BCUT2D eigenvalue weighted by atomic mass is 35.5. The minimum Gasteiger partial charge on any atom is -0.493 e. The number of nitrogens with two attached hydrogens (primary N) is 1. The Kier molecular flexibility index (Phi) is 17.4. The van der Waals surface area contributed by atoms with Gasteiger partial charge in [0.1, 0.15) is 34.1 Å². The van der Waals surface area contributed by atoms with Gasteiger partial charge in [-0.3, -0.25) is 24.0 Å². The summed E-state index contributed by atoms with van der Waals surface area (Å²) in [5.74, 6) is -0.996. The van der Waals surface area contributed by atoms with E-state index in [1.807, 2.05) is 31.2 Å². The van der Waals surface area contributed by atoms with Crippen LogP contribution in [0, 0.1) is 29.1 Å². The number of carbonyl (C=O) groups excluding carboxylic acids is 5. The molecule has 2 aromatic heterocycles. The van der Waals surface area contributed by atoms with Crippen LogP contribution < -0.4 is 31.3 Å². The smallest absolute Gasteiger partial charge is 0.258 e. The lowest BCUT2D eigenvalue weighted by molar-refractivity contribution is -0.147. The molecule has 4 aromatic rings. The zero-order chi connectivity index (χ0) is 54.7. The number of rotatable bonds is 18. The van der Waals surface area contributed by atoms with Gasteiger partial charge in [0.05, 0.1) is 51.9 Å². The van der Waals surface area contributed by atoms with E-state index in [0.717, 1.165) is 47.9 Å². The average molecular weight is 1100 g/mol. The van der Waals surface area contributed by atoms with E-state index in [-0.39, 0.29) is 49.6 Å². The summed E-state index contributed by atoms with van der Waals surface area (Å²) in [5, 5.41) is 20.2. The van der Waals surface area contributed by atoms with Crippen molar-refractivity contribution in [1.29, 1.82) is 0 Å². The van der Waals surface area contributed by atoms with Crippen LogP contribution in [0.2, 0.25) is 5.02 Å². The number of alkyl halides is 1. The Labute approximate surface area is 458 Å². The van der Waals surface area contributed by atoms with Gasteiger partial charge >= 0.3 is 0 Å². The van der Waals surface area contributed by atoms with E-state index in [1.54, 1.807) is 69.6 Å². The van der Waals surface area contributed by atoms with Crippen molar-refractivity contribution in [2.45, 2.75) is 140 Å². The minimum atomic E-state index is -1.99. The van der Waals surface area contributed by atoms with E-state index >= 15 is 0 Å². The molecule has 76 heavy (non-hydrogen) atoms. The molecule has 3 aliphatic heterocycles. The van der Waals surface area contributed by atoms with Gasteiger partial charge in [-0.25, -0.2) is 19.3 Å². The monoisotopic (exact) mass is 1100 g/mol. The predicted molar refractivity (Wildman–Crippen MR) is 293 cm³/mol. The van der Waals surface area contributed by atoms with E-state index in [9.17, 15) is 33.5 Å². The van der Waals surface area contributed by atoms with Crippen molar-refractivity contribution < 1.29 is 38.2 Å². The molecule has 4 aliphatic rings. The molecule has 0 bridgehead atoms. The summed E-state index contributed by atoms with van der Waals surface area (Å²) in [6.07, 6.45) is 6.84. The van der Waals surface area contributed by atoms with Crippen LogP contribution in [0.25, 0.3) is 10.4 Å². The summed E-state index contributed by atoms with van der Waals surface area (Å²) >= 11 is 9.72. The molecular formula is C55H72ClFN10O7S2. The molecule has 6 N–H and O–H groups in total. The Morgan fingerprint density at radius 1 is 1.00 bits per heavy atom. The van der Waals surface area contributed by atoms with Crippen LogP contribution in [0.5, 0.6) is 5.75 Å². The molecule has 8 rings (SSSR count). The van der Waals surface area contributed by atoms with Crippen molar-refractivity contribution in [2.75, 3.05) is 56.1 Å². The van der Waals surface area contributed by atoms with Gasteiger partial charge < -0.3 is 46.2 Å². The molecule has 0 radical (unpaired) electrons. The fourth-order valence-corrected chi connectivity index (χ4v) is 11.8. The van der Waals surface area contributed by atoms with E-state index < -0.39 is 58.3 Å². The average Bonchev–Trinajstić information content (AvgIpc) is 3.81. The molecule has 3 atom stereocenters. The molecule has 5 amide bonds. The van der Waals surface area contributed by atoms with Crippen molar-refractivity contribution in [3.63, 3.8) is 0 Å². The maximum absolute atomic E-state index is 14.7. The molecule has 2 aromatic carbocycles. The van der Waals surface area contributed by atoms with Crippen LogP contribution in [-0.4, -0.2) is 129 Å². The summed E-state index contributed by atoms with van der Waals surface area (Å²) in [7, 11) is 0. The third kappa shape index (κ3) is 13.1. The number of aryl methyl sites for hydroxylation is 1. The number of piperidine rings is 2. The lowest BCUT2D eigenvalue weighted by atomic mass is 9.80. The van der Waals surface area contributed by atoms with Crippen LogP contribution in [0.15, 0.2) is 64.2 Å². The van der Waals surface area contributed by atoms with Crippen molar-refractivity contribution in [3.05, 3.63) is 70.6 Å². The number of hydrogen-bond acceptors (Lipinski definition) is 14. The van der Waals surface area contributed by atoms with Gasteiger partial charge in [0.2, 0.25) is 23.6 Å². The van der Waals surface area contributed by atoms with E-state index in [1.165, 1.54) is 28.0 Å². The van der Waals surface area contributed by atoms with Gasteiger partial charge in [-0.15, -0.1) is 11.3 Å². The van der Waals surface area contributed by atoms with Crippen LogP contribution in [0.3, 0.4) is 0 Å². The number of halogens is 2. The molecule has 0 spiro atoms. The highest BCUT2D eigenvalue weighted by molar-refractivity contribution is 7.99. The first kappa shape index (κ1) is 56.8. The first-order valence-corrected chi connectivity index (χ1v) is 28.3. The van der Waals surface area contributed by atoms with Crippen LogP contribution in [-0.2, 0) is 30.5 Å². The number of aliphatic hydroxyl groups excluding tert-OH is 1. The number of hydrogen-bond donors (Lipinski definition) is 5. The second-order valence-corrected chi connectivity index (χ2v) is 25.1. The zero-order valence-corrected chi connectivity index (χ0v) is 46.9. The number of aromatic nitrogens is 3. The van der Waals surface area contributed by atoms with Gasteiger partial charge in [-0.1, -0.05) is 69.3 Å². The molecule has 3 saturated heterocycles. The number of carbonyl (C=O) groups is 5. The number of aliphatic hydroxyl groups is 1. The number of nitrogens with one attached hydrogen (secondary N) is 3. The van der Waals surface area contributed by atoms with Crippen molar-refractivity contribution in [1.82, 2.24) is 35.4 Å². The number of ether oxygens (including phenoxy) is 1. The number of amides is 5. The number of nitrogens with zero attached hydrogens (tertiary/aromatic N) is 6. The van der Waals surface area contributed by atoms with Crippen LogP contribution in [0.4, 0.5) is 15.9 Å². The van der Waals surface area contributed by atoms with Crippen molar-refractivity contribution >= 4 is 75.7 Å². The Morgan fingerprint density at radius 3 is 2.36 bits per heavy atom. The second kappa shape index (κ2) is 23.3. The fourth-order valence-electron chi connectivity index (χ4n) is 9.91. The van der Waals surface area contributed by atoms with Gasteiger partial charge in [-0.05, 0) is 113 Å². The first-order valence-electron chi connectivity index (χ1n) is 26.2. The largest absolute Gasteiger partial charge is 0.493 e. The van der Waals surface area contributed by atoms with E-state index in [2.05, 4.69) is 42.7 Å². The summed E-state index contributed by atoms with van der Waals surface area (Å²) in [4.78, 5) is 89.2. The Balaban J connectivity index is 0.839. The molecule has 17 nitrogen and oxygen atoms in total. The predicted octanol–water partition coefficient (Wildman–Crippen LogP) is 7.56. The lowest BCUT2D eigenvalue weighted by Gasteiger charge is -2.39. The maximum atomic E-state index is 14.7. The molecule has 410 valence electrons. The topological polar surface area (TPSA) is 225 Å². The fraction of sp³-hybridized carbons (Fsp3) is 0.564. The summed E-state index contributed by atoms with van der Waals surface area (Å²) in [6.45, 7) is 16.4. The maximum Gasteiger partial charge on any atom is 0.258 e. The number of thiazole rings is 1. The Hall–Kier alpha value is -5.41. The molecule has 0 unspecified atom stereocenters. The standard InChI is InChI=1S/C55H72ClFN10O7S2/c1-33-45(75-32-62-33)35-11-12-36(27-61-47(69)39-26-37(68)30-67(39)48(70)46(52(2,3)4)64-50(72)55(57)16-17-55)40(25-35)74-24-15-34-13-20-66(21-14-34)51(73)53(5,6)49(71)63-38-9-8-10-41(44(38)56)76-43-29-59-42(28-60-43)65-22-18-54(7,31-58)19-23-65/h8-12,25,28-29,32,34,37,39,46,68H,13-24,26-27,30-31,58H2,1-7H3,(H,61,69)(H,63,71)(H,64,72)/t37-,39+,46-/m1/s1. The summed E-state index contributed by atoms with van der Waals surface area (Å²) < 4.78 is 21.2. The number of anilines is 2. The number of benzene rings is 2. The Bertz CT molecular complexity index is 2770. The molecule has 5 heterocycles. The molecule has 21 heteroatoms. The second-order valence-electron chi connectivity index (χ2n) is 22.8. The van der Waals surface area contributed by atoms with E-state index in [4.69, 9.17) is 22.1 Å². The van der Waals surface area contributed by atoms with Gasteiger partial charge in [0, 0.05) is 56.1 Å². The van der Waals surface area contributed by atoms with Crippen LogP contribution >= 0.6 is 34.7 Å². The highest BCUT2D eigenvalue weighted by Crippen LogP contribution is 2.42. The quantitative estimate of drug-likeness (QED) is 0.0608. The molecule has 1 aliphatic carbocycles. The van der Waals surface area contributed by atoms with E-state index in [0.29, 0.717) is 77.4 Å². The number of likely N-dealkylation sites (tertiary alicyclic amines) is 2. The molecule has 1 saturated carbocycles. The van der Waals surface area contributed by atoms with Gasteiger partial charge in [-0.2, -0.15) is 0 Å². The summed E-state index contributed by atoms with van der Waals surface area (Å²) in [5.41, 5.74) is 6.62. The Morgan fingerprint density at radius 2 is 1.72 bits per heavy atom. The SMILES string of the molecule is Cc1ncsc1-c1ccc(CNC(=O)[C@@H]2C[C@@H](O)CN2C(=O)[C@@H](NC(=O)C2(F)CC2)C(C)(C)C)c(OCCC2CCN(C(=O)C(C)(C)C(=O)Nc3cccc(Sc4cnc(N5CCC(C)(CN)CC5)cn4)c3Cl)CC2)c1. The lowest BCUT2D eigenvalue weighted by Crippen LogP contribution is -2.59. The van der Waals surface area contributed by atoms with Gasteiger partial charge in [0.25, 0.3) is 5.91 Å². The van der Waals surface area contributed by atoms with Gasteiger partial charge in [0.15, 0.2) is 5.67 Å². The summed E-state index contributed by atoms with van der Waals surface area (Å²) in [6, 6.07) is 8.99. The molecular weight excluding hydrogens is 1030 g/mol. The minimum absolute atomic E-state index is 0.00340. The first-order chi connectivity index (χ1) is 36.0. The normalized spacial score (nSPS) is 20.0. The van der Waals surface area contributed by atoms with Crippen molar-refractivity contribution in [3.8, 4) is 16.2 Å². The third-order valence-electron chi connectivity index (χ3n) is 15.5. The zero-order valence-electron chi connectivity index (χ0n) is 44.5. The molecule has 4 fully saturated rings. The van der Waals surface area contributed by atoms with Crippen molar-refractivity contribution in [2.24, 2.45) is 27.9 Å².